The predicted molar refractivity (Wildman–Crippen MR) is 89.5 cm³/mol. The molecule has 0 aliphatic heterocycles. The Morgan fingerprint density at radius 3 is 2.32 bits per heavy atom. The fourth-order valence-corrected chi connectivity index (χ4v) is 4.19. The van der Waals surface area contributed by atoms with Gasteiger partial charge in [-0.15, -0.1) is 11.3 Å². The number of hydrogen-bond acceptors (Lipinski definition) is 5. The van der Waals surface area contributed by atoms with Crippen molar-refractivity contribution in [3.05, 3.63) is 46.6 Å². The van der Waals surface area contributed by atoms with Gasteiger partial charge in [-0.25, -0.2) is 18.1 Å². The van der Waals surface area contributed by atoms with Gasteiger partial charge in [0.1, 0.15) is 0 Å². The lowest BCUT2D eigenvalue weighted by Gasteiger charge is -2.14. The van der Waals surface area contributed by atoms with E-state index < -0.39 is 10.0 Å². The molecular weight excluding hydrogens is 318 g/mol. The molecule has 0 saturated carbocycles. The molecule has 5 nitrogen and oxygen atoms in total. The summed E-state index contributed by atoms with van der Waals surface area (Å²) in [5.74, 6) is 0.457. The summed E-state index contributed by atoms with van der Waals surface area (Å²) in [5.41, 5.74) is 8.22. The van der Waals surface area contributed by atoms with E-state index in [0.29, 0.717) is 10.9 Å². The van der Waals surface area contributed by atoms with Gasteiger partial charge in [0.25, 0.3) is 10.0 Å². The van der Waals surface area contributed by atoms with E-state index in [-0.39, 0.29) is 16.8 Å². The summed E-state index contributed by atoms with van der Waals surface area (Å²) in [6, 6.07) is 7.57. The number of nitrogens with two attached hydrogens (primary N) is 1. The lowest BCUT2D eigenvalue weighted by atomic mass is 9.99. The Morgan fingerprint density at radius 2 is 1.82 bits per heavy atom. The molecule has 0 amide bonds. The van der Waals surface area contributed by atoms with Gasteiger partial charge < -0.3 is 5.73 Å². The van der Waals surface area contributed by atoms with Crippen molar-refractivity contribution in [2.45, 2.75) is 36.9 Å². The summed E-state index contributed by atoms with van der Waals surface area (Å²) in [6.45, 7) is 6.17. The highest BCUT2D eigenvalue weighted by atomic mass is 32.2. The molecule has 0 saturated heterocycles. The van der Waals surface area contributed by atoms with Gasteiger partial charge in [0.2, 0.25) is 0 Å². The number of thiazole rings is 1. The van der Waals surface area contributed by atoms with Gasteiger partial charge >= 0.3 is 0 Å². The maximum atomic E-state index is 12.1. The van der Waals surface area contributed by atoms with Gasteiger partial charge in [-0.05, 0) is 24.0 Å². The summed E-state index contributed by atoms with van der Waals surface area (Å²) in [6.07, 6.45) is 1.37. The second-order valence-electron chi connectivity index (χ2n) is 5.48. The fourth-order valence-electron chi connectivity index (χ4n) is 1.98. The Bertz CT molecular complexity index is 722. The van der Waals surface area contributed by atoms with Crippen molar-refractivity contribution in [3.63, 3.8) is 0 Å². The number of rotatable bonds is 6. The first-order chi connectivity index (χ1) is 10.3. The number of hydrogen-bond donors (Lipinski definition) is 2. The van der Waals surface area contributed by atoms with Crippen molar-refractivity contribution in [3.8, 4) is 0 Å². The zero-order valence-corrected chi connectivity index (χ0v) is 14.5. The SMILES string of the molecule is Cc1ncc(S(=O)(=O)NCC(N)c2ccc(C(C)C)cc2)s1. The third-order valence-corrected chi connectivity index (χ3v) is 6.19. The van der Waals surface area contributed by atoms with Crippen LogP contribution in [-0.2, 0) is 10.0 Å². The van der Waals surface area contributed by atoms with Crippen LogP contribution in [0.25, 0.3) is 0 Å². The van der Waals surface area contributed by atoms with Crippen LogP contribution in [-0.4, -0.2) is 19.9 Å². The van der Waals surface area contributed by atoms with E-state index >= 15 is 0 Å². The average Bonchev–Trinajstić information content (AvgIpc) is 2.92. The second kappa shape index (κ2) is 6.87. The first kappa shape index (κ1) is 17.1. The van der Waals surface area contributed by atoms with E-state index in [1.807, 2.05) is 24.3 Å². The second-order valence-corrected chi connectivity index (χ2v) is 8.71. The van der Waals surface area contributed by atoms with Crippen molar-refractivity contribution in [1.29, 1.82) is 0 Å². The normalized spacial score (nSPS) is 13.5. The summed E-state index contributed by atoms with van der Waals surface area (Å²) in [4.78, 5) is 3.96. The molecule has 0 radical (unpaired) electrons. The van der Waals surface area contributed by atoms with E-state index in [9.17, 15) is 8.42 Å². The summed E-state index contributed by atoms with van der Waals surface area (Å²) >= 11 is 1.14. The Kier molecular flexibility index (Phi) is 5.33. The number of benzene rings is 1. The average molecular weight is 339 g/mol. The van der Waals surface area contributed by atoms with E-state index in [4.69, 9.17) is 5.73 Å². The number of aromatic nitrogens is 1. The van der Waals surface area contributed by atoms with Crippen molar-refractivity contribution in [2.24, 2.45) is 5.73 Å². The molecule has 0 bridgehead atoms. The van der Waals surface area contributed by atoms with Crippen molar-refractivity contribution < 1.29 is 8.42 Å². The molecule has 0 aliphatic carbocycles. The standard InChI is InChI=1S/C15H21N3O2S2/c1-10(2)12-4-6-13(7-5-12)14(16)8-18-22(19,20)15-9-17-11(3)21-15/h4-7,9-10,14,18H,8,16H2,1-3H3. The zero-order chi connectivity index (χ0) is 16.3. The van der Waals surface area contributed by atoms with Crippen LogP contribution in [0.4, 0.5) is 0 Å². The first-order valence-electron chi connectivity index (χ1n) is 7.07. The molecule has 0 spiro atoms. The van der Waals surface area contributed by atoms with Crippen molar-refractivity contribution in [1.82, 2.24) is 9.71 Å². The molecule has 1 aromatic carbocycles. The third kappa shape index (κ3) is 4.13. The summed E-state index contributed by atoms with van der Waals surface area (Å²) < 4.78 is 27.0. The highest BCUT2D eigenvalue weighted by Gasteiger charge is 2.18. The zero-order valence-electron chi connectivity index (χ0n) is 12.9. The van der Waals surface area contributed by atoms with Gasteiger partial charge in [0.05, 0.1) is 11.2 Å². The fraction of sp³-hybridized carbons (Fsp3) is 0.400. The molecule has 1 unspecified atom stereocenters. The van der Waals surface area contributed by atoms with Crippen LogP contribution in [0.2, 0.25) is 0 Å². The molecule has 2 aromatic rings. The molecule has 0 fully saturated rings. The number of nitrogens with zero attached hydrogens (tertiary/aromatic N) is 1. The third-order valence-electron chi connectivity index (χ3n) is 3.39. The minimum absolute atomic E-state index is 0.153. The van der Waals surface area contributed by atoms with Crippen LogP contribution in [0.5, 0.6) is 0 Å². The molecule has 7 heteroatoms. The van der Waals surface area contributed by atoms with Gasteiger partial charge in [-0.3, -0.25) is 0 Å². The maximum Gasteiger partial charge on any atom is 0.251 e. The first-order valence-corrected chi connectivity index (χ1v) is 9.37. The Hall–Kier alpha value is -1.28. The molecule has 2 rings (SSSR count). The van der Waals surface area contributed by atoms with Gasteiger partial charge in [-0.2, -0.15) is 0 Å². The number of nitrogens with one attached hydrogen (secondary N) is 1. The number of sulfonamides is 1. The predicted octanol–water partition coefficient (Wildman–Crippen LogP) is 2.55. The molecule has 120 valence electrons. The van der Waals surface area contributed by atoms with Crippen LogP contribution in [0.3, 0.4) is 0 Å². The van der Waals surface area contributed by atoms with Crippen LogP contribution in [0, 0.1) is 6.92 Å². The lowest BCUT2D eigenvalue weighted by molar-refractivity contribution is 0.574. The smallest absolute Gasteiger partial charge is 0.251 e. The lowest BCUT2D eigenvalue weighted by Crippen LogP contribution is -2.31. The molecule has 1 aromatic heterocycles. The minimum Gasteiger partial charge on any atom is -0.323 e. The monoisotopic (exact) mass is 339 g/mol. The molecule has 1 heterocycles. The Morgan fingerprint density at radius 1 is 1.23 bits per heavy atom. The van der Waals surface area contributed by atoms with Crippen LogP contribution < -0.4 is 10.5 Å². The Labute approximate surface area is 135 Å². The van der Waals surface area contributed by atoms with E-state index in [2.05, 4.69) is 23.6 Å². The highest BCUT2D eigenvalue weighted by molar-refractivity contribution is 7.91. The summed E-state index contributed by atoms with van der Waals surface area (Å²) in [5, 5.41) is 0.717. The minimum atomic E-state index is -3.54. The van der Waals surface area contributed by atoms with Crippen LogP contribution in [0.1, 0.15) is 41.9 Å². The number of aryl methyl sites for hydroxylation is 1. The van der Waals surface area contributed by atoms with Crippen LogP contribution in [0.15, 0.2) is 34.7 Å². The topological polar surface area (TPSA) is 85.1 Å². The van der Waals surface area contributed by atoms with Gasteiger partial charge in [0, 0.05) is 12.6 Å². The highest BCUT2D eigenvalue weighted by Crippen LogP contribution is 2.19. The quantitative estimate of drug-likeness (QED) is 0.847. The summed E-state index contributed by atoms with van der Waals surface area (Å²) in [7, 11) is -3.54. The van der Waals surface area contributed by atoms with E-state index in [1.165, 1.54) is 11.8 Å². The van der Waals surface area contributed by atoms with Crippen molar-refractivity contribution in [2.75, 3.05) is 6.54 Å². The molecule has 0 aliphatic rings. The van der Waals surface area contributed by atoms with E-state index in [0.717, 1.165) is 16.9 Å². The van der Waals surface area contributed by atoms with E-state index in [1.54, 1.807) is 6.92 Å². The maximum absolute atomic E-state index is 12.1. The molecule has 22 heavy (non-hydrogen) atoms. The Balaban J connectivity index is 2.01. The largest absolute Gasteiger partial charge is 0.323 e. The molecular formula is C15H21N3O2S2. The molecule has 1 atom stereocenters. The molecule has 3 N–H and O–H groups in total. The van der Waals surface area contributed by atoms with Gasteiger partial charge in [0.15, 0.2) is 4.21 Å². The van der Waals surface area contributed by atoms with Crippen LogP contribution >= 0.6 is 11.3 Å². The van der Waals surface area contributed by atoms with Crippen molar-refractivity contribution >= 4 is 21.4 Å². The van der Waals surface area contributed by atoms with Gasteiger partial charge in [-0.1, -0.05) is 38.1 Å².